The molecule has 0 aromatic heterocycles. The fourth-order valence-electron chi connectivity index (χ4n) is 6.39. The number of carbonyl (C=O) groups excluding carboxylic acids is 4. The zero-order valence-corrected chi connectivity index (χ0v) is 28.3. The van der Waals surface area contributed by atoms with Crippen LogP contribution in [-0.4, -0.2) is 60.5 Å². The number of hydrogen-bond acceptors (Lipinski definition) is 6. The van der Waals surface area contributed by atoms with Crippen LogP contribution in [0.1, 0.15) is 67.2 Å². The van der Waals surface area contributed by atoms with E-state index < -0.39 is 24.1 Å². The predicted octanol–water partition coefficient (Wildman–Crippen LogP) is 5.22. The van der Waals surface area contributed by atoms with E-state index in [1.54, 1.807) is 0 Å². The first-order valence-corrected chi connectivity index (χ1v) is 17.4. The summed E-state index contributed by atoms with van der Waals surface area (Å²) in [5.74, 6) is 0.283. The molecule has 3 aromatic carbocycles. The quantitative estimate of drug-likeness (QED) is 0.331. The monoisotopic (exact) mass is 668 g/mol. The molecule has 3 N–H and O–H groups in total. The molecule has 0 aliphatic carbocycles. The molecule has 4 bridgehead atoms. The third kappa shape index (κ3) is 11.1. The number of ether oxygens (including phenoxy) is 2. The largest absolute Gasteiger partial charge is 0.494 e. The fourth-order valence-corrected chi connectivity index (χ4v) is 6.39. The number of alkyl carbamates (subject to hydrolysis) is 1. The van der Waals surface area contributed by atoms with Crippen LogP contribution in [0, 0.1) is 12.8 Å². The molecule has 1 fully saturated rings. The van der Waals surface area contributed by atoms with Gasteiger partial charge in [-0.25, -0.2) is 4.79 Å². The van der Waals surface area contributed by atoms with Crippen molar-refractivity contribution in [2.45, 2.75) is 83.5 Å². The van der Waals surface area contributed by atoms with Crippen LogP contribution in [0.5, 0.6) is 5.75 Å². The zero-order valence-electron chi connectivity index (χ0n) is 28.3. The molecule has 4 amide bonds. The minimum absolute atomic E-state index is 0.0362. The molecule has 1 saturated heterocycles. The highest BCUT2D eigenvalue weighted by atomic mass is 16.5. The molecule has 5 rings (SSSR count). The van der Waals surface area contributed by atoms with Crippen LogP contribution < -0.4 is 20.7 Å². The Morgan fingerprint density at radius 2 is 1.67 bits per heavy atom. The van der Waals surface area contributed by atoms with E-state index in [0.717, 1.165) is 47.3 Å². The number of piperidine rings is 1. The van der Waals surface area contributed by atoms with Crippen molar-refractivity contribution in [2.75, 3.05) is 19.7 Å². The van der Waals surface area contributed by atoms with Gasteiger partial charge in [0.15, 0.2) is 0 Å². The Hall–Kier alpha value is -4.86. The number of aryl methyl sites for hydroxylation is 2. The first-order valence-electron chi connectivity index (χ1n) is 17.4. The minimum atomic E-state index is -1.00. The lowest BCUT2D eigenvalue weighted by Gasteiger charge is -2.33. The van der Waals surface area contributed by atoms with E-state index in [9.17, 15) is 19.2 Å². The standard InChI is InChI=1S/C39H48N4O6/c1-28-17-19-33-24-32(28)25-40-37(45)35(20-18-29-10-4-2-5-11-29)41-38(46)34(42-39(47)49-27-31-12-6-3-7-13-31)15-8-16-36(44)43-22-9-14-30(26-43)21-23-48-33/h2-7,10-13,17,19,24,30,34-35H,8-9,14-16,18,20-23,25-27H2,1H3,(H,40,45)(H,41,46)(H,42,47)/t30?,34-,35+/m1/s1. The topological polar surface area (TPSA) is 126 Å². The van der Waals surface area contributed by atoms with Gasteiger partial charge >= 0.3 is 6.09 Å². The number of amides is 4. The van der Waals surface area contributed by atoms with Crippen molar-refractivity contribution >= 4 is 23.8 Å². The van der Waals surface area contributed by atoms with Gasteiger partial charge in [-0.15, -0.1) is 0 Å². The first kappa shape index (κ1) is 35.4. The summed E-state index contributed by atoms with van der Waals surface area (Å²) in [6.45, 7) is 4.24. The zero-order chi connectivity index (χ0) is 34.4. The number of nitrogens with one attached hydrogen (secondary N) is 3. The summed E-state index contributed by atoms with van der Waals surface area (Å²) in [6, 6.07) is 23.0. The number of nitrogens with zero attached hydrogens (tertiary/aromatic N) is 1. The summed E-state index contributed by atoms with van der Waals surface area (Å²) < 4.78 is 11.6. The third-order valence-corrected chi connectivity index (χ3v) is 9.34. The van der Waals surface area contributed by atoms with Crippen LogP contribution in [0.15, 0.2) is 78.9 Å². The summed E-state index contributed by atoms with van der Waals surface area (Å²) in [5.41, 5.74) is 3.78. The minimum Gasteiger partial charge on any atom is -0.494 e. The van der Waals surface area contributed by atoms with Gasteiger partial charge in [-0.1, -0.05) is 66.7 Å². The van der Waals surface area contributed by atoms with E-state index in [4.69, 9.17) is 9.47 Å². The van der Waals surface area contributed by atoms with E-state index in [-0.39, 0.29) is 37.8 Å². The molecule has 3 aromatic rings. The second-order valence-corrected chi connectivity index (χ2v) is 13.0. The number of benzene rings is 3. The van der Waals surface area contributed by atoms with E-state index >= 15 is 0 Å². The molecule has 2 heterocycles. The van der Waals surface area contributed by atoms with Crippen LogP contribution in [0.25, 0.3) is 0 Å². The van der Waals surface area contributed by atoms with Crippen molar-refractivity contribution < 1.29 is 28.7 Å². The van der Waals surface area contributed by atoms with E-state index in [1.807, 2.05) is 90.7 Å². The van der Waals surface area contributed by atoms with Crippen LogP contribution >= 0.6 is 0 Å². The molecule has 0 radical (unpaired) electrons. The third-order valence-electron chi connectivity index (χ3n) is 9.34. The molecule has 10 heteroatoms. The van der Waals surface area contributed by atoms with Gasteiger partial charge in [-0.3, -0.25) is 14.4 Å². The van der Waals surface area contributed by atoms with Crippen molar-refractivity contribution in [3.05, 3.63) is 101 Å². The summed E-state index contributed by atoms with van der Waals surface area (Å²) in [4.78, 5) is 55.6. The summed E-state index contributed by atoms with van der Waals surface area (Å²) in [5, 5.41) is 8.64. The maximum Gasteiger partial charge on any atom is 0.408 e. The lowest BCUT2D eigenvalue weighted by Crippen LogP contribution is -2.54. The molecule has 0 saturated carbocycles. The van der Waals surface area contributed by atoms with Gasteiger partial charge in [-0.05, 0) is 92.2 Å². The number of hydrogen-bond donors (Lipinski definition) is 3. The Kier molecular flexibility index (Phi) is 13.1. The average Bonchev–Trinajstić information content (AvgIpc) is 3.12. The van der Waals surface area contributed by atoms with Crippen molar-refractivity contribution in [3.8, 4) is 5.75 Å². The molecule has 10 nitrogen and oxygen atoms in total. The SMILES string of the molecule is Cc1ccc2cc1CNC(=O)[C@H](CCc1ccccc1)NC(=O)[C@H](NC(=O)OCc1ccccc1)CCCC(=O)N1CCCC(CCO2)C1. The highest BCUT2D eigenvalue weighted by Gasteiger charge is 2.29. The Balaban J connectivity index is 1.35. The van der Waals surface area contributed by atoms with E-state index in [1.165, 1.54) is 0 Å². The molecular formula is C39H48N4O6. The number of rotatable bonds is 6. The molecule has 2 aliphatic heterocycles. The number of carbonyl (C=O) groups is 4. The maximum atomic E-state index is 13.8. The van der Waals surface area contributed by atoms with E-state index in [0.29, 0.717) is 44.9 Å². The molecule has 49 heavy (non-hydrogen) atoms. The van der Waals surface area contributed by atoms with Crippen LogP contribution in [-0.2, 0) is 38.7 Å². The molecule has 260 valence electrons. The molecule has 3 atom stereocenters. The van der Waals surface area contributed by atoms with Gasteiger partial charge in [0, 0.05) is 26.1 Å². The lowest BCUT2D eigenvalue weighted by atomic mass is 9.94. The van der Waals surface area contributed by atoms with Crippen molar-refractivity contribution in [3.63, 3.8) is 0 Å². The Bertz CT molecular complexity index is 1550. The maximum absolute atomic E-state index is 13.8. The van der Waals surface area contributed by atoms with Crippen LogP contribution in [0.3, 0.4) is 0 Å². The summed E-state index contributed by atoms with van der Waals surface area (Å²) in [6.07, 6.45) is 3.83. The van der Waals surface area contributed by atoms with Gasteiger partial charge < -0.3 is 30.3 Å². The smallest absolute Gasteiger partial charge is 0.408 e. The highest BCUT2D eigenvalue weighted by Crippen LogP contribution is 2.23. The second-order valence-electron chi connectivity index (χ2n) is 13.0. The van der Waals surface area contributed by atoms with Crippen molar-refractivity contribution in [1.29, 1.82) is 0 Å². The average molecular weight is 669 g/mol. The fraction of sp³-hybridized carbons (Fsp3) is 0.436. The predicted molar refractivity (Wildman–Crippen MR) is 187 cm³/mol. The highest BCUT2D eigenvalue weighted by molar-refractivity contribution is 5.91. The van der Waals surface area contributed by atoms with Gasteiger partial charge in [0.05, 0.1) is 6.61 Å². The van der Waals surface area contributed by atoms with Gasteiger partial charge in [0.2, 0.25) is 17.7 Å². The lowest BCUT2D eigenvalue weighted by molar-refractivity contribution is -0.133. The Labute approximate surface area is 288 Å². The molecular weight excluding hydrogens is 620 g/mol. The van der Waals surface area contributed by atoms with Crippen molar-refractivity contribution in [1.82, 2.24) is 20.9 Å². The van der Waals surface area contributed by atoms with Crippen molar-refractivity contribution in [2.24, 2.45) is 5.92 Å². The normalized spacial score (nSPS) is 21.0. The Morgan fingerprint density at radius 1 is 0.918 bits per heavy atom. The summed E-state index contributed by atoms with van der Waals surface area (Å²) in [7, 11) is 0. The molecule has 1 unspecified atom stereocenters. The second kappa shape index (κ2) is 18.1. The van der Waals surface area contributed by atoms with E-state index in [2.05, 4.69) is 16.0 Å². The number of fused-ring (bicyclic) bond motifs is 4. The van der Waals surface area contributed by atoms with Gasteiger partial charge in [0.1, 0.15) is 24.4 Å². The van der Waals surface area contributed by atoms with Gasteiger partial charge in [0.25, 0.3) is 0 Å². The molecule has 0 spiro atoms. The Morgan fingerprint density at radius 3 is 2.45 bits per heavy atom. The van der Waals surface area contributed by atoms with Gasteiger partial charge in [-0.2, -0.15) is 0 Å². The first-order chi connectivity index (χ1) is 23.8. The van der Waals surface area contributed by atoms with Crippen LogP contribution in [0.4, 0.5) is 4.79 Å². The summed E-state index contributed by atoms with van der Waals surface area (Å²) >= 11 is 0. The molecule has 2 aliphatic rings. The van der Waals surface area contributed by atoms with Crippen LogP contribution in [0.2, 0.25) is 0 Å².